The number of pyridine rings is 1. The monoisotopic (exact) mass is 261 g/mol. The van der Waals surface area contributed by atoms with Crippen molar-refractivity contribution in [2.45, 2.75) is 19.4 Å². The summed E-state index contributed by atoms with van der Waals surface area (Å²) in [6.07, 6.45) is 2.49. The van der Waals surface area contributed by atoms with Crippen LogP contribution in [0.5, 0.6) is 5.75 Å². The van der Waals surface area contributed by atoms with Gasteiger partial charge in [0, 0.05) is 31.9 Å². The third-order valence-electron chi connectivity index (χ3n) is 4.39. The fraction of sp³-hybridized carbons (Fsp3) is 0.571. The number of carbonyl (C=O) groups is 1. The van der Waals surface area contributed by atoms with Gasteiger partial charge in [-0.25, -0.2) is 4.98 Å². The van der Waals surface area contributed by atoms with Crippen molar-refractivity contribution in [2.75, 3.05) is 19.6 Å². The van der Waals surface area contributed by atoms with Crippen LogP contribution in [0.3, 0.4) is 0 Å². The van der Waals surface area contributed by atoms with Gasteiger partial charge in [0.25, 0.3) is 5.91 Å². The number of amides is 1. The number of nitrogens with one attached hydrogen (secondary N) is 1. The van der Waals surface area contributed by atoms with Gasteiger partial charge in [0.2, 0.25) is 0 Å². The fourth-order valence-electron chi connectivity index (χ4n) is 3.48. The highest BCUT2D eigenvalue weighted by molar-refractivity contribution is 5.95. The number of aromatic hydroxyl groups is 1. The Balaban J connectivity index is 1.86. The number of hydrogen-bond acceptors (Lipinski definition) is 4. The lowest BCUT2D eigenvalue weighted by Crippen LogP contribution is -2.39. The molecule has 0 bridgehead atoms. The van der Waals surface area contributed by atoms with E-state index in [4.69, 9.17) is 0 Å². The molecule has 2 aliphatic heterocycles. The van der Waals surface area contributed by atoms with E-state index in [-0.39, 0.29) is 23.4 Å². The van der Waals surface area contributed by atoms with Gasteiger partial charge in [-0.2, -0.15) is 0 Å². The molecule has 0 aliphatic carbocycles. The zero-order chi connectivity index (χ0) is 13.4. The minimum Gasteiger partial charge on any atom is -0.505 e. The first-order valence-electron chi connectivity index (χ1n) is 6.88. The highest BCUT2D eigenvalue weighted by Crippen LogP contribution is 2.35. The lowest BCUT2D eigenvalue weighted by molar-refractivity contribution is 0.0702. The standard InChI is InChI=1S/C14H19N3O2/c1-2-11-10-7-15-6-9(10)8-17(11)14(19)13-12(18)4-3-5-16-13/h3-5,9-11,15,18H,2,6-8H2,1H3. The molecule has 2 N–H and O–H groups in total. The van der Waals surface area contributed by atoms with E-state index in [1.165, 1.54) is 6.07 Å². The molecule has 5 nitrogen and oxygen atoms in total. The Labute approximate surface area is 112 Å². The minimum atomic E-state index is -0.139. The molecule has 0 aromatic carbocycles. The molecule has 0 radical (unpaired) electrons. The van der Waals surface area contributed by atoms with E-state index in [0.717, 1.165) is 26.1 Å². The Morgan fingerprint density at radius 1 is 1.58 bits per heavy atom. The third kappa shape index (κ3) is 1.98. The summed E-state index contributed by atoms with van der Waals surface area (Å²) in [4.78, 5) is 18.5. The maximum atomic E-state index is 12.6. The van der Waals surface area contributed by atoms with Crippen LogP contribution in [0.4, 0.5) is 0 Å². The summed E-state index contributed by atoms with van der Waals surface area (Å²) >= 11 is 0. The zero-order valence-electron chi connectivity index (χ0n) is 11.0. The Kier molecular flexibility index (Phi) is 3.14. The highest BCUT2D eigenvalue weighted by atomic mass is 16.3. The fourth-order valence-corrected chi connectivity index (χ4v) is 3.48. The molecule has 0 saturated carbocycles. The Bertz CT molecular complexity index is 491. The van der Waals surface area contributed by atoms with Crippen molar-refractivity contribution < 1.29 is 9.90 Å². The van der Waals surface area contributed by atoms with Crippen molar-refractivity contribution in [3.05, 3.63) is 24.0 Å². The topological polar surface area (TPSA) is 65.5 Å². The average Bonchev–Trinajstić information content (AvgIpc) is 2.98. The number of nitrogens with zero attached hydrogens (tertiary/aromatic N) is 2. The van der Waals surface area contributed by atoms with E-state index in [1.807, 2.05) is 4.90 Å². The largest absolute Gasteiger partial charge is 0.505 e. The number of aromatic nitrogens is 1. The molecule has 1 aromatic rings. The number of likely N-dealkylation sites (tertiary alicyclic amines) is 1. The second-order valence-electron chi connectivity index (χ2n) is 5.39. The number of carbonyl (C=O) groups excluding carboxylic acids is 1. The van der Waals surface area contributed by atoms with Gasteiger partial charge in [-0.05, 0) is 30.4 Å². The Morgan fingerprint density at radius 2 is 2.42 bits per heavy atom. The smallest absolute Gasteiger partial charge is 0.276 e. The Morgan fingerprint density at radius 3 is 3.16 bits per heavy atom. The predicted octanol–water partition coefficient (Wildman–Crippen LogP) is 0.857. The van der Waals surface area contributed by atoms with Crippen LogP contribution in [-0.2, 0) is 0 Å². The van der Waals surface area contributed by atoms with Crippen LogP contribution in [0, 0.1) is 11.8 Å². The summed E-state index contributed by atoms with van der Waals surface area (Å²) in [5, 5.41) is 13.2. The molecular formula is C14H19N3O2. The summed E-state index contributed by atoms with van der Waals surface area (Å²) < 4.78 is 0. The van der Waals surface area contributed by atoms with Gasteiger partial charge in [-0.15, -0.1) is 0 Å². The molecule has 3 rings (SSSR count). The van der Waals surface area contributed by atoms with Gasteiger partial charge >= 0.3 is 0 Å². The minimum absolute atomic E-state index is 0.0301. The van der Waals surface area contributed by atoms with E-state index in [0.29, 0.717) is 11.8 Å². The molecule has 2 aliphatic rings. The van der Waals surface area contributed by atoms with Crippen LogP contribution < -0.4 is 5.32 Å². The summed E-state index contributed by atoms with van der Waals surface area (Å²) in [6, 6.07) is 3.40. The molecule has 102 valence electrons. The molecule has 2 saturated heterocycles. The molecule has 3 atom stereocenters. The van der Waals surface area contributed by atoms with Crippen LogP contribution >= 0.6 is 0 Å². The highest BCUT2D eigenvalue weighted by Gasteiger charge is 2.45. The van der Waals surface area contributed by atoms with E-state index in [1.54, 1.807) is 12.3 Å². The van der Waals surface area contributed by atoms with Crippen molar-refractivity contribution in [3.63, 3.8) is 0 Å². The molecule has 3 heterocycles. The molecule has 5 heteroatoms. The maximum Gasteiger partial charge on any atom is 0.276 e. The molecule has 0 spiro atoms. The number of hydrogen-bond donors (Lipinski definition) is 2. The van der Waals surface area contributed by atoms with E-state index < -0.39 is 0 Å². The first kappa shape index (κ1) is 12.4. The Hall–Kier alpha value is -1.62. The van der Waals surface area contributed by atoms with Crippen LogP contribution in [0.25, 0.3) is 0 Å². The second-order valence-corrected chi connectivity index (χ2v) is 5.39. The molecule has 1 amide bonds. The van der Waals surface area contributed by atoms with Crippen LogP contribution in [0.1, 0.15) is 23.8 Å². The first-order chi connectivity index (χ1) is 9.22. The summed E-state index contributed by atoms with van der Waals surface area (Å²) in [7, 11) is 0. The molecule has 19 heavy (non-hydrogen) atoms. The van der Waals surface area contributed by atoms with Gasteiger partial charge in [-0.1, -0.05) is 6.92 Å². The van der Waals surface area contributed by atoms with Crippen molar-refractivity contribution in [1.82, 2.24) is 15.2 Å². The van der Waals surface area contributed by atoms with Crippen molar-refractivity contribution >= 4 is 5.91 Å². The molecular weight excluding hydrogens is 242 g/mol. The number of rotatable bonds is 2. The predicted molar refractivity (Wildman–Crippen MR) is 70.9 cm³/mol. The summed E-state index contributed by atoms with van der Waals surface area (Å²) in [6.45, 7) is 4.86. The van der Waals surface area contributed by atoms with Crippen LogP contribution in [-0.4, -0.2) is 46.6 Å². The van der Waals surface area contributed by atoms with Gasteiger partial charge < -0.3 is 15.3 Å². The lowest BCUT2D eigenvalue weighted by Gasteiger charge is -2.26. The first-order valence-corrected chi connectivity index (χ1v) is 6.88. The third-order valence-corrected chi connectivity index (χ3v) is 4.39. The van der Waals surface area contributed by atoms with Gasteiger partial charge in [0.15, 0.2) is 5.69 Å². The summed E-state index contributed by atoms with van der Waals surface area (Å²) in [5.74, 6) is 0.913. The molecule has 2 fully saturated rings. The van der Waals surface area contributed by atoms with Crippen molar-refractivity contribution in [3.8, 4) is 5.75 Å². The SMILES string of the molecule is CCC1C2CNCC2CN1C(=O)c1ncccc1O. The maximum absolute atomic E-state index is 12.6. The van der Waals surface area contributed by atoms with Crippen molar-refractivity contribution in [2.24, 2.45) is 11.8 Å². The van der Waals surface area contributed by atoms with Gasteiger partial charge in [-0.3, -0.25) is 4.79 Å². The van der Waals surface area contributed by atoms with Crippen molar-refractivity contribution in [1.29, 1.82) is 0 Å². The van der Waals surface area contributed by atoms with Gasteiger partial charge in [0.1, 0.15) is 5.75 Å². The van der Waals surface area contributed by atoms with E-state index >= 15 is 0 Å². The normalized spacial score (nSPS) is 29.5. The summed E-state index contributed by atoms with van der Waals surface area (Å²) in [5.41, 5.74) is 0.175. The second kappa shape index (κ2) is 4.81. The van der Waals surface area contributed by atoms with Gasteiger partial charge in [0.05, 0.1) is 0 Å². The average molecular weight is 261 g/mol. The number of fused-ring (bicyclic) bond motifs is 1. The molecule has 3 unspecified atom stereocenters. The zero-order valence-corrected chi connectivity index (χ0v) is 11.0. The van der Waals surface area contributed by atoms with E-state index in [2.05, 4.69) is 17.2 Å². The van der Waals surface area contributed by atoms with Crippen LogP contribution in [0.2, 0.25) is 0 Å². The quantitative estimate of drug-likeness (QED) is 0.828. The molecule has 1 aromatic heterocycles. The van der Waals surface area contributed by atoms with E-state index in [9.17, 15) is 9.90 Å². The lowest BCUT2D eigenvalue weighted by atomic mass is 9.93. The van der Waals surface area contributed by atoms with Crippen LogP contribution in [0.15, 0.2) is 18.3 Å².